The molecule has 30 heavy (non-hydrogen) atoms. The van der Waals surface area contributed by atoms with Crippen LogP contribution in [0.3, 0.4) is 0 Å². The van der Waals surface area contributed by atoms with Crippen LogP contribution in [0.1, 0.15) is 31.7 Å². The minimum Gasteiger partial charge on any atom is -0.493 e. The van der Waals surface area contributed by atoms with E-state index in [9.17, 15) is 0 Å². The Hall–Kier alpha value is -2.73. The molecule has 1 fully saturated rings. The van der Waals surface area contributed by atoms with Crippen LogP contribution in [0.5, 0.6) is 17.2 Å². The van der Waals surface area contributed by atoms with Crippen molar-refractivity contribution in [3.8, 4) is 17.2 Å². The molecule has 2 aromatic carbocycles. The zero-order valence-corrected chi connectivity index (χ0v) is 18.4. The number of nitrogens with zero attached hydrogens (tertiary/aromatic N) is 2. The molecule has 0 atom stereocenters. The van der Waals surface area contributed by atoms with Crippen LogP contribution in [0.15, 0.2) is 53.5 Å². The molecule has 0 spiro atoms. The molecule has 3 rings (SSSR count). The van der Waals surface area contributed by atoms with Crippen LogP contribution in [0.25, 0.3) is 0 Å². The van der Waals surface area contributed by atoms with Gasteiger partial charge < -0.3 is 25.0 Å². The molecule has 1 saturated heterocycles. The Labute approximate surface area is 180 Å². The predicted octanol–water partition coefficient (Wildman–Crippen LogP) is 4.03. The summed E-state index contributed by atoms with van der Waals surface area (Å²) in [7, 11) is 3.47. The summed E-state index contributed by atoms with van der Waals surface area (Å²) in [5.74, 6) is 3.07. The molecule has 2 aromatic rings. The van der Waals surface area contributed by atoms with Crippen molar-refractivity contribution < 1.29 is 9.47 Å². The molecular weight excluding hydrogens is 376 g/mol. The van der Waals surface area contributed by atoms with E-state index in [0.29, 0.717) is 18.3 Å². The van der Waals surface area contributed by atoms with Gasteiger partial charge in [-0.3, -0.25) is 4.99 Å². The van der Waals surface area contributed by atoms with Crippen LogP contribution in [-0.4, -0.2) is 50.7 Å². The SMILES string of the molecule is CCCN1CCC(NC(=NC)NCc2ccc(Oc3ccccc3OC)cc2)CC1. The first-order valence-corrected chi connectivity index (χ1v) is 10.8. The number of hydrogen-bond donors (Lipinski definition) is 2. The molecule has 2 N–H and O–H groups in total. The maximum Gasteiger partial charge on any atom is 0.191 e. The highest BCUT2D eigenvalue weighted by Crippen LogP contribution is 2.30. The molecule has 1 heterocycles. The van der Waals surface area contributed by atoms with Gasteiger partial charge in [0, 0.05) is 32.7 Å². The molecule has 0 radical (unpaired) electrons. The first-order chi connectivity index (χ1) is 14.7. The summed E-state index contributed by atoms with van der Waals surface area (Å²) in [5, 5.41) is 6.99. The lowest BCUT2D eigenvalue weighted by molar-refractivity contribution is 0.206. The number of rotatable bonds is 8. The molecule has 0 aliphatic carbocycles. The first-order valence-electron chi connectivity index (χ1n) is 10.8. The van der Waals surface area contributed by atoms with Gasteiger partial charge in [0.1, 0.15) is 5.75 Å². The van der Waals surface area contributed by atoms with E-state index < -0.39 is 0 Å². The van der Waals surface area contributed by atoms with Crippen molar-refractivity contribution in [3.05, 3.63) is 54.1 Å². The second kappa shape index (κ2) is 11.5. The Morgan fingerprint density at radius 2 is 1.77 bits per heavy atom. The van der Waals surface area contributed by atoms with Crippen LogP contribution < -0.4 is 20.1 Å². The Bertz CT molecular complexity index is 799. The summed E-state index contributed by atoms with van der Waals surface area (Å²) >= 11 is 0. The van der Waals surface area contributed by atoms with Crippen LogP contribution in [0.2, 0.25) is 0 Å². The van der Waals surface area contributed by atoms with Gasteiger partial charge in [0.2, 0.25) is 0 Å². The highest BCUT2D eigenvalue weighted by atomic mass is 16.5. The van der Waals surface area contributed by atoms with E-state index in [4.69, 9.17) is 9.47 Å². The van der Waals surface area contributed by atoms with E-state index in [2.05, 4.69) is 39.6 Å². The fourth-order valence-electron chi connectivity index (χ4n) is 3.70. The maximum atomic E-state index is 5.94. The Kier molecular flexibility index (Phi) is 8.39. The number of aliphatic imine (C=N–C) groups is 1. The van der Waals surface area contributed by atoms with Gasteiger partial charge in [-0.05, 0) is 55.6 Å². The van der Waals surface area contributed by atoms with E-state index in [1.54, 1.807) is 7.11 Å². The average molecular weight is 411 g/mol. The van der Waals surface area contributed by atoms with Gasteiger partial charge in [0.05, 0.1) is 7.11 Å². The van der Waals surface area contributed by atoms with Crippen molar-refractivity contribution in [2.75, 3.05) is 33.8 Å². The maximum absolute atomic E-state index is 5.94. The van der Waals surface area contributed by atoms with Gasteiger partial charge in [0.25, 0.3) is 0 Å². The standard InChI is InChI=1S/C24H34N4O2/c1-4-15-28-16-13-20(14-17-28)27-24(25-2)26-18-19-9-11-21(12-10-19)30-23-8-6-5-7-22(23)29-3/h5-12,20H,4,13-18H2,1-3H3,(H2,25,26,27). The number of methoxy groups -OCH3 is 1. The van der Waals surface area contributed by atoms with Gasteiger partial charge in [-0.2, -0.15) is 0 Å². The van der Waals surface area contributed by atoms with Crippen molar-refractivity contribution in [1.29, 1.82) is 0 Å². The van der Waals surface area contributed by atoms with Crippen LogP contribution >= 0.6 is 0 Å². The highest BCUT2D eigenvalue weighted by Gasteiger charge is 2.19. The highest BCUT2D eigenvalue weighted by molar-refractivity contribution is 5.79. The molecule has 162 valence electrons. The summed E-state index contributed by atoms with van der Waals surface area (Å²) in [4.78, 5) is 6.93. The number of ether oxygens (including phenoxy) is 2. The van der Waals surface area contributed by atoms with E-state index in [1.165, 1.54) is 18.5 Å². The molecule has 0 bridgehead atoms. The number of hydrogen-bond acceptors (Lipinski definition) is 4. The van der Waals surface area contributed by atoms with Crippen molar-refractivity contribution in [2.45, 2.75) is 38.8 Å². The molecule has 6 nitrogen and oxygen atoms in total. The van der Waals surface area contributed by atoms with Gasteiger partial charge in [-0.1, -0.05) is 31.2 Å². The van der Waals surface area contributed by atoms with E-state index >= 15 is 0 Å². The zero-order chi connectivity index (χ0) is 21.2. The lowest BCUT2D eigenvalue weighted by Crippen LogP contribution is -2.48. The molecule has 0 saturated carbocycles. The molecule has 0 unspecified atom stereocenters. The third kappa shape index (κ3) is 6.39. The number of piperidine rings is 1. The normalized spacial score (nSPS) is 15.6. The minimum atomic E-state index is 0.487. The second-order valence-electron chi connectivity index (χ2n) is 7.58. The molecule has 1 aliphatic heterocycles. The Morgan fingerprint density at radius 1 is 1.07 bits per heavy atom. The number of para-hydroxylation sites is 2. The van der Waals surface area contributed by atoms with Crippen molar-refractivity contribution in [2.24, 2.45) is 4.99 Å². The molecule has 0 amide bonds. The van der Waals surface area contributed by atoms with E-state index in [0.717, 1.165) is 43.4 Å². The topological polar surface area (TPSA) is 58.1 Å². The number of nitrogens with one attached hydrogen (secondary N) is 2. The van der Waals surface area contributed by atoms with Crippen LogP contribution in [0.4, 0.5) is 0 Å². The summed E-state index contributed by atoms with van der Waals surface area (Å²) in [6.45, 7) is 6.49. The lowest BCUT2D eigenvalue weighted by atomic mass is 10.1. The van der Waals surface area contributed by atoms with Gasteiger partial charge in [0.15, 0.2) is 17.5 Å². The molecular formula is C24H34N4O2. The Morgan fingerprint density at radius 3 is 2.40 bits per heavy atom. The summed E-state index contributed by atoms with van der Waals surface area (Å²) in [5.41, 5.74) is 1.17. The predicted molar refractivity (Wildman–Crippen MR) is 123 cm³/mol. The Balaban J connectivity index is 1.47. The van der Waals surface area contributed by atoms with Crippen molar-refractivity contribution in [1.82, 2.24) is 15.5 Å². The van der Waals surface area contributed by atoms with Gasteiger partial charge >= 0.3 is 0 Å². The van der Waals surface area contributed by atoms with Crippen LogP contribution in [0, 0.1) is 0 Å². The third-order valence-corrected chi connectivity index (χ3v) is 5.37. The summed E-state index contributed by atoms with van der Waals surface area (Å²) in [6.07, 6.45) is 3.55. The molecule has 6 heteroatoms. The molecule has 0 aromatic heterocycles. The van der Waals surface area contributed by atoms with Gasteiger partial charge in [-0.15, -0.1) is 0 Å². The fraction of sp³-hybridized carbons (Fsp3) is 0.458. The largest absolute Gasteiger partial charge is 0.493 e. The minimum absolute atomic E-state index is 0.487. The number of likely N-dealkylation sites (tertiary alicyclic amines) is 1. The van der Waals surface area contributed by atoms with Crippen molar-refractivity contribution in [3.63, 3.8) is 0 Å². The summed E-state index contributed by atoms with van der Waals surface area (Å²) < 4.78 is 11.3. The van der Waals surface area contributed by atoms with E-state index in [-0.39, 0.29) is 0 Å². The zero-order valence-electron chi connectivity index (χ0n) is 18.4. The monoisotopic (exact) mass is 410 g/mol. The smallest absolute Gasteiger partial charge is 0.191 e. The molecule has 1 aliphatic rings. The number of benzene rings is 2. The van der Waals surface area contributed by atoms with Crippen molar-refractivity contribution >= 4 is 5.96 Å². The first kappa shape index (κ1) is 22.0. The van der Waals surface area contributed by atoms with E-state index in [1.807, 2.05) is 43.4 Å². The van der Waals surface area contributed by atoms with Gasteiger partial charge in [-0.25, -0.2) is 0 Å². The quantitative estimate of drug-likeness (QED) is 0.508. The average Bonchev–Trinajstić information content (AvgIpc) is 2.79. The lowest BCUT2D eigenvalue weighted by Gasteiger charge is -2.32. The third-order valence-electron chi connectivity index (χ3n) is 5.37. The second-order valence-corrected chi connectivity index (χ2v) is 7.58. The van der Waals surface area contributed by atoms with Crippen LogP contribution in [-0.2, 0) is 6.54 Å². The number of guanidine groups is 1. The summed E-state index contributed by atoms with van der Waals surface area (Å²) in [6, 6.07) is 16.2. The fourth-order valence-corrected chi connectivity index (χ4v) is 3.70.